The van der Waals surface area contributed by atoms with Crippen molar-refractivity contribution < 1.29 is 13.2 Å². The fourth-order valence-corrected chi connectivity index (χ4v) is 3.39. The van der Waals surface area contributed by atoms with E-state index in [2.05, 4.69) is 4.83 Å². The Kier molecular flexibility index (Phi) is 5.02. The zero-order chi connectivity index (χ0) is 17.7. The minimum atomic E-state index is -3.76. The minimum Gasteiger partial charge on any atom is -0.497 e. The molecular formula is C19H18N2O3S. The topological polar surface area (TPSA) is 58.6 Å². The van der Waals surface area contributed by atoms with E-state index < -0.39 is 10.0 Å². The Labute approximate surface area is 147 Å². The molecule has 0 aliphatic heterocycles. The van der Waals surface area contributed by atoms with Crippen molar-refractivity contribution in [3.63, 3.8) is 0 Å². The van der Waals surface area contributed by atoms with Crippen molar-refractivity contribution in [3.05, 3.63) is 84.9 Å². The fourth-order valence-electron chi connectivity index (χ4n) is 2.34. The van der Waals surface area contributed by atoms with Gasteiger partial charge in [0.05, 0.1) is 23.4 Å². The Morgan fingerprint density at radius 2 is 1.24 bits per heavy atom. The predicted molar refractivity (Wildman–Crippen MR) is 98.3 cm³/mol. The monoisotopic (exact) mass is 354 g/mol. The summed E-state index contributed by atoms with van der Waals surface area (Å²) in [6.45, 7) is 0. The van der Waals surface area contributed by atoms with Crippen molar-refractivity contribution in [1.82, 2.24) is 4.83 Å². The molecule has 0 aliphatic carbocycles. The number of anilines is 2. The molecule has 6 heteroatoms. The first kappa shape index (κ1) is 17.0. The summed E-state index contributed by atoms with van der Waals surface area (Å²) in [4.78, 5) is 2.80. The molecular weight excluding hydrogens is 336 g/mol. The van der Waals surface area contributed by atoms with Gasteiger partial charge in [-0.05, 0) is 48.5 Å². The van der Waals surface area contributed by atoms with Gasteiger partial charge in [-0.25, -0.2) is 8.42 Å². The molecule has 128 valence electrons. The maximum Gasteiger partial charge on any atom is 0.257 e. The van der Waals surface area contributed by atoms with Crippen LogP contribution in [0.4, 0.5) is 11.4 Å². The maximum atomic E-state index is 12.8. The zero-order valence-corrected chi connectivity index (χ0v) is 14.5. The molecule has 5 nitrogen and oxygen atoms in total. The van der Waals surface area contributed by atoms with Gasteiger partial charge in [0.2, 0.25) is 0 Å². The molecule has 3 rings (SSSR count). The van der Waals surface area contributed by atoms with Gasteiger partial charge < -0.3 is 4.74 Å². The Hall–Kier alpha value is -2.83. The number of nitrogens with one attached hydrogen (secondary N) is 1. The van der Waals surface area contributed by atoms with Crippen molar-refractivity contribution in [2.24, 2.45) is 0 Å². The van der Waals surface area contributed by atoms with E-state index in [0.29, 0.717) is 17.1 Å². The number of benzene rings is 3. The standard InChI is InChI=1S/C19H18N2O3S/c1-24-18-12-14-19(15-13-18)25(22,23)20-21(16-8-4-2-5-9-16)17-10-6-3-7-11-17/h2-15,20H,1H3. The highest BCUT2D eigenvalue weighted by Crippen LogP contribution is 2.24. The first-order valence-electron chi connectivity index (χ1n) is 7.67. The number of hydrogen-bond donors (Lipinski definition) is 1. The number of sulfonamides is 1. The smallest absolute Gasteiger partial charge is 0.257 e. The molecule has 0 bridgehead atoms. The Morgan fingerprint density at radius 1 is 0.760 bits per heavy atom. The zero-order valence-electron chi connectivity index (χ0n) is 13.7. The summed E-state index contributed by atoms with van der Waals surface area (Å²) in [5.41, 5.74) is 1.43. The Morgan fingerprint density at radius 3 is 1.68 bits per heavy atom. The van der Waals surface area contributed by atoms with Crippen molar-refractivity contribution in [1.29, 1.82) is 0 Å². The van der Waals surface area contributed by atoms with Gasteiger partial charge >= 0.3 is 0 Å². The number of para-hydroxylation sites is 2. The summed E-state index contributed by atoms with van der Waals surface area (Å²) >= 11 is 0. The summed E-state index contributed by atoms with van der Waals surface area (Å²) in [6.07, 6.45) is 0. The van der Waals surface area contributed by atoms with Crippen molar-refractivity contribution in [2.45, 2.75) is 4.90 Å². The van der Waals surface area contributed by atoms with Gasteiger partial charge in [0, 0.05) is 0 Å². The van der Waals surface area contributed by atoms with E-state index >= 15 is 0 Å². The maximum absolute atomic E-state index is 12.8. The van der Waals surface area contributed by atoms with E-state index in [-0.39, 0.29) is 4.90 Å². The fraction of sp³-hybridized carbons (Fsp3) is 0.0526. The molecule has 0 spiro atoms. The quantitative estimate of drug-likeness (QED) is 0.685. The van der Waals surface area contributed by atoms with Crippen LogP contribution in [0.25, 0.3) is 0 Å². The first-order chi connectivity index (χ1) is 12.1. The number of hydrogen-bond acceptors (Lipinski definition) is 4. The molecule has 0 heterocycles. The third-order valence-electron chi connectivity index (χ3n) is 3.61. The largest absolute Gasteiger partial charge is 0.497 e. The number of ether oxygens (including phenoxy) is 1. The highest BCUT2D eigenvalue weighted by atomic mass is 32.2. The first-order valence-corrected chi connectivity index (χ1v) is 9.15. The van der Waals surface area contributed by atoms with E-state index in [4.69, 9.17) is 4.74 Å². The van der Waals surface area contributed by atoms with E-state index in [1.54, 1.807) is 17.1 Å². The number of methoxy groups -OCH3 is 1. The average Bonchev–Trinajstić information content (AvgIpc) is 2.67. The van der Waals surface area contributed by atoms with Crippen LogP contribution in [0.1, 0.15) is 0 Å². The van der Waals surface area contributed by atoms with E-state index in [1.165, 1.54) is 19.2 Å². The van der Waals surface area contributed by atoms with Crippen LogP contribution < -0.4 is 14.6 Å². The second kappa shape index (κ2) is 7.38. The molecule has 0 unspecified atom stereocenters. The highest BCUT2D eigenvalue weighted by Gasteiger charge is 2.20. The third kappa shape index (κ3) is 3.99. The highest BCUT2D eigenvalue weighted by molar-refractivity contribution is 7.89. The number of rotatable bonds is 6. The lowest BCUT2D eigenvalue weighted by Gasteiger charge is -2.25. The van der Waals surface area contributed by atoms with Gasteiger partial charge in [-0.1, -0.05) is 36.4 Å². The second-order valence-corrected chi connectivity index (χ2v) is 6.94. The van der Waals surface area contributed by atoms with Gasteiger partial charge in [0.1, 0.15) is 5.75 Å². The lowest BCUT2D eigenvalue weighted by Crippen LogP contribution is -2.38. The van der Waals surface area contributed by atoms with Gasteiger partial charge in [0.15, 0.2) is 0 Å². The van der Waals surface area contributed by atoms with Crippen LogP contribution in [-0.2, 0) is 10.0 Å². The summed E-state index contributed by atoms with van der Waals surface area (Å²) in [7, 11) is -2.22. The molecule has 1 N–H and O–H groups in total. The van der Waals surface area contributed by atoms with Gasteiger partial charge in [-0.3, -0.25) is 5.01 Å². The summed E-state index contributed by atoms with van der Waals surface area (Å²) < 4.78 is 30.7. The molecule has 3 aromatic rings. The second-order valence-electron chi connectivity index (χ2n) is 5.28. The number of nitrogens with zero attached hydrogens (tertiary/aromatic N) is 1. The normalized spacial score (nSPS) is 11.1. The van der Waals surface area contributed by atoms with E-state index in [1.807, 2.05) is 60.7 Å². The van der Waals surface area contributed by atoms with E-state index in [0.717, 1.165) is 0 Å². The molecule has 0 amide bonds. The lowest BCUT2D eigenvalue weighted by atomic mass is 10.2. The van der Waals surface area contributed by atoms with Crippen LogP contribution in [0.15, 0.2) is 89.8 Å². The molecule has 0 saturated heterocycles. The SMILES string of the molecule is COc1ccc(S(=O)(=O)NN(c2ccccc2)c2ccccc2)cc1. The van der Waals surface area contributed by atoms with Crippen LogP contribution in [0.5, 0.6) is 5.75 Å². The molecule has 3 aromatic carbocycles. The molecule has 25 heavy (non-hydrogen) atoms. The molecule has 0 radical (unpaired) electrons. The summed E-state index contributed by atoms with van der Waals surface area (Å²) in [6, 6.07) is 24.8. The van der Waals surface area contributed by atoms with Crippen LogP contribution in [0.3, 0.4) is 0 Å². The van der Waals surface area contributed by atoms with Crippen LogP contribution in [0, 0.1) is 0 Å². The molecule has 0 aliphatic rings. The van der Waals surface area contributed by atoms with Crippen LogP contribution in [0.2, 0.25) is 0 Å². The molecule has 0 saturated carbocycles. The molecule has 0 aromatic heterocycles. The van der Waals surface area contributed by atoms with Crippen molar-refractivity contribution in [3.8, 4) is 5.75 Å². The lowest BCUT2D eigenvalue weighted by molar-refractivity contribution is 0.414. The van der Waals surface area contributed by atoms with Gasteiger partial charge in [-0.15, -0.1) is 4.83 Å². The Balaban J connectivity index is 1.97. The van der Waals surface area contributed by atoms with E-state index in [9.17, 15) is 8.42 Å². The Bertz CT molecular complexity index is 872. The summed E-state index contributed by atoms with van der Waals surface area (Å²) in [5.74, 6) is 0.599. The van der Waals surface area contributed by atoms with Gasteiger partial charge in [-0.2, -0.15) is 0 Å². The van der Waals surface area contributed by atoms with Crippen molar-refractivity contribution in [2.75, 3.05) is 12.1 Å². The minimum absolute atomic E-state index is 0.158. The summed E-state index contributed by atoms with van der Waals surface area (Å²) in [5, 5.41) is 1.54. The molecule has 0 atom stereocenters. The molecule has 0 fully saturated rings. The van der Waals surface area contributed by atoms with Crippen LogP contribution >= 0.6 is 0 Å². The average molecular weight is 354 g/mol. The van der Waals surface area contributed by atoms with Crippen LogP contribution in [-0.4, -0.2) is 15.5 Å². The van der Waals surface area contributed by atoms with Crippen molar-refractivity contribution >= 4 is 21.4 Å². The number of hydrazine groups is 1. The van der Waals surface area contributed by atoms with Gasteiger partial charge in [0.25, 0.3) is 10.0 Å². The predicted octanol–water partition coefficient (Wildman–Crippen LogP) is 3.73. The third-order valence-corrected chi connectivity index (χ3v) is 4.93.